The molecule has 0 radical (unpaired) electrons. The van der Waals surface area contributed by atoms with E-state index >= 15 is 0 Å². The molecule has 112 valence electrons. The van der Waals surface area contributed by atoms with Crippen molar-refractivity contribution in [2.24, 2.45) is 5.41 Å². The zero-order valence-electron chi connectivity index (χ0n) is 12.6. The first-order valence-electron chi connectivity index (χ1n) is 7.52. The van der Waals surface area contributed by atoms with Gasteiger partial charge in [0.15, 0.2) is 0 Å². The van der Waals surface area contributed by atoms with Gasteiger partial charge >= 0.3 is 0 Å². The molecule has 1 aliphatic carbocycles. The molecule has 5 heteroatoms. The molecule has 1 saturated carbocycles. The average Bonchev–Trinajstić information content (AvgIpc) is 2.42. The third-order valence-electron chi connectivity index (χ3n) is 4.55. The fraction of sp³-hybridized carbons (Fsp3) is 0.500. The molecule has 3 rings (SSSR count). The largest absolute Gasteiger partial charge is 0.399 e. The average molecular weight is 286 g/mol. The summed E-state index contributed by atoms with van der Waals surface area (Å²) in [5.41, 5.74) is 7.03. The highest BCUT2D eigenvalue weighted by atomic mass is 16.1. The topological polar surface area (TPSA) is 83.8 Å². The second kappa shape index (κ2) is 5.06. The van der Waals surface area contributed by atoms with Crippen LogP contribution in [0.4, 0.5) is 11.6 Å². The van der Waals surface area contributed by atoms with E-state index in [9.17, 15) is 4.79 Å². The van der Waals surface area contributed by atoms with Gasteiger partial charge in [0, 0.05) is 11.7 Å². The maximum absolute atomic E-state index is 12.2. The summed E-state index contributed by atoms with van der Waals surface area (Å²) in [4.78, 5) is 19.5. The molecule has 4 N–H and O–H groups in total. The normalized spacial score (nSPS) is 21.3. The minimum absolute atomic E-state index is 0.150. The van der Waals surface area contributed by atoms with Crippen LogP contribution < -0.4 is 16.6 Å². The van der Waals surface area contributed by atoms with Crippen LogP contribution in [0.2, 0.25) is 0 Å². The van der Waals surface area contributed by atoms with Crippen LogP contribution in [0.3, 0.4) is 0 Å². The van der Waals surface area contributed by atoms with Crippen molar-refractivity contribution in [1.29, 1.82) is 0 Å². The van der Waals surface area contributed by atoms with Crippen LogP contribution in [-0.4, -0.2) is 16.0 Å². The number of aromatic nitrogens is 2. The van der Waals surface area contributed by atoms with Crippen LogP contribution in [0.25, 0.3) is 10.9 Å². The van der Waals surface area contributed by atoms with Crippen molar-refractivity contribution in [2.75, 3.05) is 11.1 Å². The molecule has 5 nitrogen and oxygen atoms in total. The maximum Gasteiger partial charge on any atom is 0.260 e. The Morgan fingerprint density at radius 1 is 1.38 bits per heavy atom. The Hall–Kier alpha value is -2.04. The molecule has 1 heterocycles. The maximum atomic E-state index is 12.2. The summed E-state index contributed by atoms with van der Waals surface area (Å²) in [6.45, 7) is 4.54. The first kappa shape index (κ1) is 13.9. The number of rotatable bonds is 2. The van der Waals surface area contributed by atoms with Crippen LogP contribution in [0.5, 0.6) is 0 Å². The molecule has 1 aromatic heterocycles. The third kappa shape index (κ3) is 2.73. The SMILES string of the molecule is CC1(C)CCCCC1Nc1nc2ccc(N)cc2c(=O)[nH]1. The summed E-state index contributed by atoms with van der Waals surface area (Å²) in [6, 6.07) is 5.55. The van der Waals surface area contributed by atoms with Gasteiger partial charge in [0.25, 0.3) is 5.56 Å². The molecule has 0 spiro atoms. The molecule has 21 heavy (non-hydrogen) atoms. The van der Waals surface area contributed by atoms with Crippen molar-refractivity contribution in [3.8, 4) is 0 Å². The van der Waals surface area contributed by atoms with Gasteiger partial charge in [-0.2, -0.15) is 0 Å². The highest BCUT2D eigenvalue weighted by molar-refractivity contribution is 5.81. The lowest BCUT2D eigenvalue weighted by molar-refractivity contribution is 0.216. The van der Waals surface area contributed by atoms with Crippen LogP contribution in [-0.2, 0) is 0 Å². The number of nitrogen functional groups attached to an aromatic ring is 1. The number of nitrogens with two attached hydrogens (primary N) is 1. The highest BCUT2D eigenvalue weighted by Gasteiger charge is 2.32. The number of hydrogen-bond donors (Lipinski definition) is 3. The molecule has 0 bridgehead atoms. The summed E-state index contributed by atoms with van der Waals surface area (Å²) in [6.07, 6.45) is 4.79. The van der Waals surface area contributed by atoms with E-state index in [2.05, 4.69) is 29.1 Å². The van der Waals surface area contributed by atoms with E-state index in [-0.39, 0.29) is 11.0 Å². The summed E-state index contributed by atoms with van der Waals surface area (Å²) in [5, 5.41) is 3.95. The van der Waals surface area contributed by atoms with Crippen LogP contribution in [0.1, 0.15) is 39.5 Å². The highest BCUT2D eigenvalue weighted by Crippen LogP contribution is 2.36. The molecule has 1 aliphatic rings. The summed E-state index contributed by atoms with van der Waals surface area (Å²) in [7, 11) is 0. The van der Waals surface area contributed by atoms with E-state index in [1.54, 1.807) is 18.2 Å². The van der Waals surface area contributed by atoms with Crippen molar-refractivity contribution in [2.45, 2.75) is 45.6 Å². The van der Waals surface area contributed by atoms with E-state index in [1.165, 1.54) is 19.3 Å². The number of nitrogens with one attached hydrogen (secondary N) is 2. The number of nitrogens with zero attached hydrogens (tertiary/aromatic N) is 1. The molecule has 1 aromatic carbocycles. The third-order valence-corrected chi connectivity index (χ3v) is 4.55. The zero-order valence-corrected chi connectivity index (χ0v) is 12.6. The fourth-order valence-electron chi connectivity index (χ4n) is 3.15. The predicted octanol–water partition coefficient (Wildman–Crippen LogP) is 2.89. The standard InChI is InChI=1S/C16H22N4O/c1-16(2)8-4-3-5-13(16)19-15-18-12-7-6-10(17)9-11(12)14(21)20-15/h6-7,9,13H,3-5,8,17H2,1-2H3,(H2,18,19,20,21). The molecule has 0 aliphatic heterocycles. The molecule has 1 fully saturated rings. The van der Waals surface area contributed by atoms with Crippen LogP contribution >= 0.6 is 0 Å². The van der Waals surface area contributed by atoms with Crippen molar-refractivity contribution < 1.29 is 0 Å². The Balaban J connectivity index is 1.94. The number of aromatic amines is 1. The Morgan fingerprint density at radius 2 is 2.19 bits per heavy atom. The van der Waals surface area contributed by atoms with Crippen LogP contribution in [0, 0.1) is 5.41 Å². The summed E-state index contributed by atoms with van der Waals surface area (Å²) >= 11 is 0. The number of fused-ring (bicyclic) bond motifs is 1. The van der Waals surface area contributed by atoms with Gasteiger partial charge in [0.1, 0.15) is 0 Å². The van der Waals surface area contributed by atoms with E-state index < -0.39 is 0 Å². The Bertz CT molecular complexity index is 720. The number of benzene rings is 1. The van der Waals surface area contributed by atoms with Crippen molar-refractivity contribution in [3.63, 3.8) is 0 Å². The molecule has 1 unspecified atom stereocenters. The lowest BCUT2D eigenvalue weighted by Crippen LogP contribution is -2.39. The van der Waals surface area contributed by atoms with Gasteiger partial charge < -0.3 is 11.1 Å². The second-order valence-electron chi connectivity index (χ2n) is 6.62. The number of H-pyrrole nitrogens is 1. The van der Waals surface area contributed by atoms with Crippen molar-refractivity contribution in [3.05, 3.63) is 28.6 Å². The van der Waals surface area contributed by atoms with Gasteiger partial charge in [0.2, 0.25) is 5.95 Å². The van der Waals surface area contributed by atoms with Gasteiger partial charge in [-0.1, -0.05) is 26.7 Å². The van der Waals surface area contributed by atoms with E-state index in [1.807, 2.05) is 0 Å². The first-order valence-corrected chi connectivity index (χ1v) is 7.52. The lowest BCUT2D eigenvalue weighted by atomic mass is 9.73. The summed E-state index contributed by atoms with van der Waals surface area (Å²) in [5.74, 6) is 0.553. The van der Waals surface area contributed by atoms with Gasteiger partial charge in [-0.25, -0.2) is 4.98 Å². The monoisotopic (exact) mass is 286 g/mol. The fourth-order valence-corrected chi connectivity index (χ4v) is 3.15. The van der Waals surface area contributed by atoms with Crippen LogP contribution in [0.15, 0.2) is 23.0 Å². The Labute approximate surface area is 124 Å². The zero-order chi connectivity index (χ0) is 15.0. The van der Waals surface area contributed by atoms with Crippen molar-refractivity contribution in [1.82, 2.24) is 9.97 Å². The van der Waals surface area contributed by atoms with Gasteiger partial charge in [-0.05, 0) is 36.5 Å². The Kier molecular flexibility index (Phi) is 3.35. The quantitative estimate of drug-likeness (QED) is 0.741. The Morgan fingerprint density at radius 3 is 2.95 bits per heavy atom. The first-order chi connectivity index (χ1) is 9.95. The minimum atomic E-state index is -0.150. The molecule has 2 aromatic rings. The van der Waals surface area contributed by atoms with Gasteiger partial charge in [0.05, 0.1) is 10.9 Å². The molecule has 1 atom stereocenters. The smallest absolute Gasteiger partial charge is 0.260 e. The number of hydrogen-bond acceptors (Lipinski definition) is 4. The lowest BCUT2D eigenvalue weighted by Gasteiger charge is -2.39. The summed E-state index contributed by atoms with van der Waals surface area (Å²) < 4.78 is 0. The van der Waals surface area contributed by atoms with Crippen molar-refractivity contribution >= 4 is 22.5 Å². The second-order valence-corrected chi connectivity index (χ2v) is 6.62. The van der Waals surface area contributed by atoms with Gasteiger partial charge in [-0.3, -0.25) is 9.78 Å². The molecular formula is C16H22N4O. The van der Waals surface area contributed by atoms with E-state index in [4.69, 9.17) is 5.73 Å². The minimum Gasteiger partial charge on any atom is -0.399 e. The van der Waals surface area contributed by atoms with Gasteiger partial charge in [-0.15, -0.1) is 0 Å². The van der Waals surface area contributed by atoms with E-state index in [0.29, 0.717) is 28.6 Å². The molecule has 0 amide bonds. The number of anilines is 2. The molecular weight excluding hydrogens is 264 g/mol. The predicted molar refractivity (Wildman–Crippen MR) is 86.4 cm³/mol. The molecule has 0 saturated heterocycles. The van der Waals surface area contributed by atoms with E-state index in [0.717, 1.165) is 6.42 Å².